The quantitative estimate of drug-likeness (QED) is 0.520. The van der Waals surface area contributed by atoms with E-state index in [1.165, 1.54) is 10.8 Å². The predicted molar refractivity (Wildman–Crippen MR) is 47.4 cm³/mol. The van der Waals surface area contributed by atoms with Gasteiger partial charge in [0.05, 0.1) is 0 Å². The zero-order valence-electron chi connectivity index (χ0n) is 6.63. The highest BCUT2D eigenvalue weighted by molar-refractivity contribution is 6.66. The Hall–Kier alpha value is -0.603. The Morgan fingerprint density at radius 1 is 1.36 bits per heavy atom. The molecular formula is C9H11OSi. The van der Waals surface area contributed by atoms with Crippen molar-refractivity contribution in [2.24, 2.45) is 0 Å². The molecule has 0 saturated carbocycles. The van der Waals surface area contributed by atoms with Crippen molar-refractivity contribution in [3.05, 3.63) is 29.8 Å². The van der Waals surface area contributed by atoms with Crippen molar-refractivity contribution in [3.63, 3.8) is 0 Å². The maximum absolute atomic E-state index is 5.61. The summed E-state index contributed by atoms with van der Waals surface area (Å²) < 4.78 is 5.61. The van der Waals surface area contributed by atoms with E-state index in [1.54, 1.807) is 0 Å². The van der Waals surface area contributed by atoms with Gasteiger partial charge in [-0.15, -0.1) is 0 Å². The average Bonchev–Trinajstić information content (AvgIpc) is 2.06. The minimum Gasteiger partial charge on any atom is -0.412 e. The molecule has 0 N–H and O–H groups in total. The summed E-state index contributed by atoms with van der Waals surface area (Å²) in [7, 11) is -0.650. The molecule has 0 bridgehead atoms. The molecule has 1 aliphatic rings. The predicted octanol–water partition coefficient (Wildman–Crippen LogP) is 1.09. The van der Waals surface area contributed by atoms with Crippen molar-refractivity contribution in [1.29, 1.82) is 0 Å². The Balaban J connectivity index is 2.44. The summed E-state index contributed by atoms with van der Waals surface area (Å²) in [6, 6.07) is 8.62. The van der Waals surface area contributed by atoms with Crippen LogP contribution in [0.25, 0.3) is 0 Å². The fourth-order valence-corrected chi connectivity index (χ4v) is 3.03. The van der Waals surface area contributed by atoms with E-state index in [2.05, 4.69) is 30.8 Å². The Morgan fingerprint density at radius 2 is 2.18 bits per heavy atom. The van der Waals surface area contributed by atoms with E-state index < -0.39 is 9.04 Å². The van der Waals surface area contributed by atoms with Crippen LogP contribution in [0.15, 0.2) is 24.3 Å². The molecule has 1 aromatic rings. The third-order valence-electron chi connectivity index (χ3n) is 2.09. The Kier molecular flexibility index (Phi) is 1.80. The van der Waals surface area contributed by atoms with Crippen LogP contribution < -0.4 is 5.19 Å². The average molecular weight is 163 g/mol. The molecule has 2 rings (SSSR count). The molecule has 11 heavy (non-hydrogen) atoms. The minimum atomic E-state index is -0.650. The second-order valence-corrected chi connectivity index (χ2v) is 4.75. The van der Waals surface area contributed by atoms with Crippen LogP contribution in [-0.4, -0.2) is 15.6 Å². The summed E-state index contributed by atoms with van der Waals surface area (Å²) in [6.07, 6.45) is 1.10. The number of rotatable bonds is 0. The van der Waals surface area contributed by atoms with Crippen LogP contribution in [0.3, 0.4) is 0 Å². The van der Waals surface area contributed by atoms with Gasteiger partial charge in [0.15, 0.2) is 0 Å². The van der Waals surface area contributed by atoms with E-state index in [0.717, 1.165) is 13.0 Å². The molecule has 0 aliphatic carbocycles. The number of fused-ring (bicyclic) bond motifs is 1. The summed E-state index contributed by atoms with van der Waals surface area (Å²) in [6.45, 7) is 3.13. The zero-order chi connectivity index (χ0) is 7.68. The third kappa shape index (κ3) is 1.24. The van der Waals surface area contributed by atoms with Gasteiger partial charge in [0.1, 0.15) is 0 Å². The zero-order valence-corrected chi connectivity index (χ0v) is 7.63. The minimum absolute atomic E-state index is 0.650. The fraction of sp³-hybridized carbons (Fsp3) is 0.333. The molecule has 1 aliphatic heterocycles. The lowest BCUT2D eigenvalue weighted by atomic mass is 10.2. The molecule has 1 aromatic carbocycles. The smallest absolute Gasteiger partial charge is 0.243 e. The highest BCUT2D eigenvalue weighted by Crippen LogP contribution is 2.06. The van der Waals surface area contributed by atoms with Gasteiger partial charge in [-0.05, 0) is 23.7 Å². The summed E-state index contributed by atoms with van der Waals surface area (Å²) in [5.41, 5.74) is 1.50. The molecule has 0 spiro atoms. The highest BCUT2D eigenvalue weighted by atomic mass is 28.3. The molecule has 0 unspecified atom stereocenters. The van der Waals surface area contributed by atoms with Gasteiger partial charge in [0.2, 0.25) is 9.04 Å². The maximum Gasteiger partial charge on any atom is 0.243 e. The van der Waals surface area contributed by atoms with E-state index in [1.807, 2.05) is 0 Å². The fourth-order valence-electron chi connectivity index (χ4n) is 1.47. The number of hydrogen-bond donors (Lipinski definition) is 0. The second kappa shape index (κ2) is 2.79. The van der Waals surface area contributed by atoms with E-state index in [-0.39, 0.29) is 0 Å². The van der Waals surface area contributed by atoms with Crippen LogP contribution in [0.5, 0.6) is 0 Å². The van der Waals surface area contributed by atoms with Gasteiger partial charge in [0.25, 0.3) is 0 Å². The van der Waals surface area contributed by atoms with E-state index in [0.29, 0.717) is 0 Å². The van der Waals surface area contributed by atoms with Crippen LogP contribution in [0.4, 0.5) is 0 Å². The lowest BCUT2D eigenvalue weighted by Gasteiger charge is -2.20. The summed E-state index contributed by atoms with van der Waals surface area (Å²) in [5, 5.41) is 1.46. The topological polar surface area (TPSA) is 9.23 Å². The first-order valence-electron chi connectivity index (χ1n) is 3.92. The van der Waals surface area contributed by atoms with Crippen LogP contribution in [0, 0.1) is 0 Å². The first kappa shape index (κ1) is 7.07. The van der Waals surface area contributed by atoms with Crippen molar-refractivity contribution in [2.75, 3.05) is 6.61 Å². The van der Waals surface area contributed by atoms with E-state index in [4.69, 9.17) is 4.43 Å². The van der Waals surface area contributed by atoms with Crippen molar-refractivity contribution < 1.29 is 4.43 Å². The molecule has 0 aromatic heterocycles. The lowest BCUT2D eigenvalue weighted by Crippen LogP contribution is -2.38. The standard InChI is InChI=1S/C9H11OSi/c1-11-9-5-3-2-4-8(9)6-7-10-11/h2-5H,6-7H2,1H3. The molecule has 0 atom stereocenters. The highest BCUT2D eigenvalue weighted by Gasteiger charge is 2.17. The summed E-state index contributed by atoms with van der Waals surface area (Å²) in [5.74, 6) is 0. The summed E-state index contributed by atoms with van der Waals surface area (Å²) >= 11 is 0. The maximum atomic E-state index is 5.61. The van der Waals surface area contributed by atoms with Gasteiger partial charge in [0, 0.05) is 6.61 Å². The van der Waals surface area contributed by atoms with Gasteiger partial charge >= 0.3 is 0 Å². The number of hydrogen-bond acceptors (Lipinski definition) is 1. The van der Waals surface area contributed by atoms with Gasteiger partial charge in [-0.3, -0.25) is 0 Å². The lowest BCUT2D eigenvalue weighted by molar-refractivity contribution is 0.327. The van der Waals surface area contributed by atoms with Gasteiger partial charge in [-0.25, -0.2) is 0 Å². The van der Waals surface area contributed by atoms with Crippen molar-refractivity contribution in [1.82, 2.24) is 0 Å². The first-order valence-corrected chi connectivity index (χ1v) is 5.83. The molecular weight excluding hydrogens is 152 g/mol. The Bertz CT molecular complexity index is 259. The van der Waals surface area contributed by atoms with Gasteiger partial charge in [-0.2, -0.15) is 0 Å². The Labute approximate surface area is 68.7 Å². The van der Waals surface area contributed by atoms with Crippen molar-refractivity contribution in [2.45, 2.75) is 13.0 Å². The molecule has 0 saturated heterocycles. The Morgan fingerprint density at radius 3 is 3.00 bits per heavy atom. The van der Waals surface area contributed by atoms with Crippen LogP contribution >= 0.6 is 0 Å². The third-order valence-corrected chi connectivity index (χ3v) is 3.97. The monoisotopic (exact) mass is 163 g/mol. The normalized spacial score (nSPS) is 17.9. The van der Waals surface area contributed by atoms with Crippen LogP contribution in [0.2, 0.25) is 6.55 Å². The molecule has 0 fully saturated rings. The molecule has 57 valence electrons. The van der Waals surface area contributed by atoms with Gasteiger partial charge < -0.3 is 4.43 Å². The number of benzene rings is 1. The summed E-state index contributed by atoms with van der Waals surface area (Å²) in [4.78, 5) is 0. The van der Waals surface area contributed by atoms with Gasteiger partial charge in [-0.1, -0.05) is 24.3 Å². The van der Waals surface area contributed by atoms with Crippen LogP contribution in [0.1, 0.15) is 5.56 Å². The second-order valence-electron chi connectivity index (χ2n) is 2.81. The molecule has 1 radical (unpaired) electrons. The van der Waals surface area contributed by atoms with E-state index >= 15 is 0 Å². The molecule has 2 heteroatoms. The van der Waals surface area contributed by atoms with Crippen molar-refractivity contribution >= 4 is 14.2 Å². The largest absolute Gasteiger partial charge is 0.412 e. The molecule has 1 heterocycles. The van der Waals surface area contributed by atoms with E-state index in [9.17, 15) is 0 Å². The molecule has 0 amide bonds. The van der Waals surface area contributed by atoms with Crippen molar-refractivity contribution in [3.8, 4) is 0 Å². The van der Waals surface area contributed by atoms with Crippen LogP contribution in [-0.2, 0) is 10.8 Å². The SMILES string of the molecule is C[Si]1OCCc2ccccc21. The molecule has 1 nitrogen and oxygen atoms in total. The first-order chi connectivity index (χ1) is 5.38.